The molecule has 0 aliphatic heterocycles. The van der Waals surface area contributed by atoms with Crippen molar-refractivity contribution >= 4 is 11.9 Å². The maximum atomic E-state index is 12.0. The number of halogens is 3. The van der Waals surface area contributed by atoms with E-state index in [1.165, 1.54) is 12.3 Å². The third-order valence-corrected chi connectivity index (χ3v) is 2.46. The maximum Gasteiger partial charge on any atom is 0.422 e. The molecule has 0 radical (unpaired) electrons. The van der Waals surface area contributed by atoms with Gasteiger partial charge in [0.1, 0.15) is 0 Å². The molecule has 0 saturated carbocycles. The Morgan fingerprint density at radius 1 is 1.33 bits per heavy atom. The van der Waals surface area contributed by atoms with E-state index >= 15 is 0 Å². The van der Waals surface area contributed by atoms with Gasteiger partial charge in [0.2, 0.25) is 5.88 Å². The molecule has 2 heterocycles. The molecule has 2 rings (SSSR count). The average molecular weight is 298 g/mol. The molecule has 0 amide bonds. The second-order valence-corrected chi connectivity index (χ2v) is 4.15. The molecule has 112 valence electrons. The average Bonchev–Trinajstić information content (AvgIpc) is 2.91. The van der Waals surface area contributed by atoms with Crippen molar-refractivity contribution in [3.8, 4) is 5.88 Å². The maximum absolute atomic E-state index is 12.0. The van der Waals surface area contributed by atoms with Crippen LogP contribution in [0.3, 0.4) is 0 Å². The van der Waals surface area contributed by atoms with E-state index < -0.39 is 12.8 Å². The molecule has 0 unspecified atom stereocenters. The Morgan fingerprint density at radius 3 is 2.71 bits per heavy atom. The summed E-state index contributed by atoms with van der Waals surface area (Å²) in [7, 11) is 0. The number of hydrogen-bond acceptors (Lipinski definition) is 4. The lowest BCUT2D eigenvalue weighted by Crippen LogP contribution is -2.19. The van der Waals surface area contributed by atoms with Crippen molar-refractivity contribution in [1.29, 1.82) is 0 Å². The topological polar surface area (TPSA) is 52.0 Å². The Bertz CT molecular complexity index is 592. The van der Waals surface area contributed by atoms with Gasteiger partial charge in [0.05, 0.1) is 18.1 Å². The number of hydrogen-bond donors (Lipinski definition) is 1. The molecule has 0 aromatic carbocycles. The third kappa shape index (κ3) is 4.83. The molecule has 0 spiro atoms. The van der Waals surface area contributed by atoms with Crippen LogP contribution in [-0.2, 0) is 6.54 Å². The number of pyridine rings is 1. The van der Waals surface area contributed by atoms with E-state index in [1.54, 1.807) is 29.3 Å². The molecule has 2 aromatic heterocycles. The van der Waals surface area contributed by atoms with Crippen LogP contribution in [-0.4, -0.2) is 27.5 Å². The van der Waals surface area contributed by atoms with E-state index in [2.05, 4.69) is 26.7 Å². The minimum atomic E-state index is -4.37. The van der Waals surface area contributed by atoms with E-state index in [0.717, 1.165) is 5.56 Å². The number of ether oxygens (including phenoxy) is 1. The predicted octanol–water partition coefficient (Wildman–Crippen LogP) is 2.93. The fraction of sp³-hybridized carbons (Fsp3) is 0.231. The zero-order chi connectivity index (χ0) is 15.3. The quantitative estimate of drug-likeness (QED) is 0.891. The first-order valence-electron chi connectivity index (χ1n) is 6.01. The number of nitrogens with zero attached hydrogens (tertiary/aromatic N) is 3. The summed E-state index contributed by atoms with van der Waals surface area (Å²) >= 11 is 0. The predicted molar refractivity (Wildman–Crippen MR) is 71.7 cm³/mol. The second-order valence-electron chi connectivity index (χ2n) is 4.15. The largest absolute Gasteiger partial charge is 0.468 e. The number of alkyl halides is 3. The van der Waals surface area contributed by atoms with Crippen LogP contribution in [0, 0.1) is 0 Å². The van der Waals surface area contributed by atoms with Crippen molar-refractivity contribution in [2.24, 2.45) is 0 Å². The van der Waals surface area contributed by atoms with E-state index in [0.29, 0.717) is 12.2 Å². The standard InChI is InChI=1S/C13H13F3N4O/c1-2-20-8-10(6-19-20)5-17-11-3-4-12(18-7-11)21-9-13(14,15)16/h2-4,6-8,17H,1,5,9H2. The van der Waals surface area contributed by atoms with Crippen LogP contribution in [0.2, 0.25) is 0 Å². The number of nitrogens with one attached hydrogen (secondary N) is 1. The molecule has 1 N–H and O–H groups in total. The van der Waals surface area contributed by atoms with Crippen molar-refractivity contribution in [3.63, 3.8) is 0 Å². The Balaban J connectivity index is 1.86. The van der Waals surface area contributed by atoms with Crippen molar-refractivity contribution in [1.82, 2.24) is 14.8 Å². The lowest BCUT2D eigenvalue weighted by molar-refractivity contribution is -0.154. The summed E-state index contributed by atoms with van der Waals surface area (Å²) in [6, 6.07) is 2.97. The molecule has 5 nitrogen and oxygen atoms in total. The first-order chi connectivity index (χ1) is 9.96. The van der Waals surface area contributed by atoms with Crippen molar-refractivity contribution in [2.45, 2.75) is 12.7 Å². The molecule has 0 fully saturated rings. The fourth-order valence-corrected chi connectivity index (χ4v) is 1.50. The molecule has 21 heavy (non-hydrogen) atoms. The van der Waals surface area contributed by atoms with Gasteiger partial charge in [0, 0.05) is 30.6 Å². The molecule has 2 aromatic rings. The van der Waals surface area contributed by atoms with Crippen LogP contribution in [0.25, 0.3) is 6.20 Å². The molecule has 0 bridgehead atoms. The lowest BCUT2D eigenvalue weighted by Gasteiger charge is -2.09. The SMILES string of the molecule is C=Cn1cc(CNc2ccc(OCC(F)(F)F)nc2)cn1. The Kier molecular flexibility index (Phi) is 4.46. The molecular weight excluding hydrogens is 285 g/mol. The lowest BCUT2D eigenvalue weighted by atomic mass is 10.3. The highest BCUT2D eigenvalue weighted by atomic mass is 19.4. The molecule has 0 aliphatic rings. The summed E-state index contributed by atoms with van der Waals surface area (Å²) in [5.41, 5.74) is 1.60. The highest BCUT2D eigenvalue weighted by molar-refractivity contribution is 5.42. The third-order valence-electron chi connectivity index (χ3n) is 2.46. The van der Waals surface area contributed by atoms with Crippen LogP contribution in [0.15, 0.2) is 37.3 Å². The van der Waals surface area contributed by atoms with Crippen LogP contribution in [0.5, 0.6) is 5.88 Å². The smallest absolute Gasteiger partial charge is 0.422 e. The Morgan fingerprint density at radius 2 is 2.14 bits per heavy atom. The highest BCUT2D eigenvalue weighted by Gasteiger charge is 2.28. The summed E-state index contributed by atoms with van der Waals surface area (Å²) in [6.45, 7) is 2.74. The zero-order valence-electron chi connectivity index (χ0n) is 11.0. The van der Waals surface area contributed by atoms with Crippen LogP contribution in [0.4, 0.5) is 18.9 Å². The Hall–Kier alpha value is -2.51. The molecular formula is C13H13F3N4O. The van der Waals surface area contributed by atoms with Crippen LogP contribution < -0.4 is 10.1 Å². The highest BCUT2D eigenvalue weighted by Crippen LogP contribution is 2.18. The monoisotopic (exact) mass is 298 g/mol. The summed E-state index contributed by atoms with van der Waals surface area (Å²) < 4.78 is 42.0. The number of aromatic nitrogens is 3. The van der Waals surface area contributed by atoms with Gasteiger partial charge in [0.25, 0.3) is 0 Å². The van der Waals surface area contributed by atoms with E-state index in [-0.39, 0.29) is 5.88 Å². The molecule has 0 saturated heterocycles. The number of rotatable bonds is 6. The first-order valence-corrected chi connectivity index (χ1v) is 6.01. The Labute approximate surface area is 119 Å². The van der Waals surface area contributed by atoms with Crippen molar-refractivity contribution in [2.75, 3.05) is 11.9 Å². The van der Waals surface area contributed by atoms with Gasteiger partial charge in [-0.05, 0) is 6.07 Å². The summed E-state index contributed by atoms with van der Waals surface area (Å²) in [5.74, 6) is -0.0719. The van der Waals surface area contributed by atoms with Gasteiger partial charge in [0.15, 0.2) is 6.61 Å². The summed E-state index contributed by atoms with van der Waals surface area (Å²) in [5, 5.41) is 7.09. The van der Waals surface area contributed by atoms with E-state index in [4.69, 9.17) is 0 Å². The van der Waals surface area contributed by atoms with Gasteiger partial charge in [-0.3, -0.25) is 0 Å². The minimum Gasteiger partial charge on any atom is -0.468 e. The van der Waals surface area contributed by atoms with Crippen molar-refractivity contribution < 1.29 is 17.9 Å². The van der Waals surface area contributed by atoms with Gasteiger partial charge < -0.3 is 10.1 Å². The van der Waals surface area contributed by atoms with Gasteiger partial charge in [-0.2, -0.15) is 18.3 Å². The van der Waals surface area contributed by atoms with Crippen molar-refractivity contribution in [3.05, 3.63) is 42.9 Å². The van der Waals surface area contributed by atoms with E-state index in [9.17, 15) is 13.2 Å². The van der Waals surface area contributed by atoms with Crippen LogP contribution in [0.1, 0.15) is 5.56 Å². The van der Waals surface area contributed by atoms with Gasteiger partial charge >= 0.3 is 6.18 Å². The fourth-order valence-electron chi connectivity index (χ4n) is 1.50. The van der Waals surface area contributed by atoms with E-state index in [1.807, 2.05) is 0 Å². The normalized spacial score (nSPS) is 11.2. The zero-order valence-corrected chi connectivity index (χ0v) is 11.0. The number of anilines is 1. The van der Waals surface area contributed by atoms with Gasteiger partial charge in [-0.25, -0.2) is 9.67 Å². The van der Waals surface area contributed by atoms with Gasteiger partial charge in [-0.15, -0.1) is 0 Å². The first kappa shape index (κ1) is 14.9. The minimum absolute atomic E-state index is 0.0719. The molecule has 0 aliphatic carbocycles. The summed E-state index contributed by atoms with van der Waals surface area (Å²) in [4.78, 5) is 3.79. The molecule has 8 heteroatoms. The molecule has 0 atom stereocenters. The summed E-state index contributed by atoms with van der Waals surface area (Å²) in [6.07, 6.45) is 2.09. The van der Waals surface area contributed by atoms with Gasteiger partial charge in [-0.1, -0.05) is 6.58 Å². The second kappa shape index (κ2) is 6.29. The van der Waals surface area contributed by atoms with Crippen LogP contribution >= 0.6 is 0 Å².